The summed E-state index contributed by atoms with van der Waals surface area (Å²) in [6, 6.07) is 7.19. The summed E-state index contributed by atoms with van der Waals surface area (Å²) in [6.07, 6.45) is 2.65. The van der Waals surface area contributed by atoms with E-state index in [1.54, 1.807) is 31.7 Å². The highest BCUT2D eigenvalue weighted by molar-refractivity contribution is 9.11. The van der Waals surface area contributed by atoms with Gasteiger partial charge in [0.25, 0.3) is 5.69 Å². The minimum atomic E-state index is -0.596. The van der Waals surface area contributed by atoms with Gasteiger partial charge in [0.2, 0.25) is 0 Å². The molecule has 10 nitrogen and oxygen atoms in total. The Balaban J connectivity index is 0.000000185. The number of benzene rings is 2. The molecular formula is C28H32Br2N4O6. The lowest BCUT2D eigenvalue weighted by molar-refractivity contribution is -0.385. The first-order valence-corrected chi connectivity index (χ1v) is 14.4. The second-order valence-electron chi connectivity index (χ2n) is 11.6. The molecule has 0 saturated carbocycles. The number of aromatic amines is 1. The summed E-state index contributed by atoms with van der Waals surface area (Å²) in [6.45, 7) is 12.1. The topological polar surface area (TPSA) is 118 Å². The zero-order valence-corrected chi connectivity index (χ0v) is 26.4. The van der Waals surface area contributed by atoms with E-state index in [0.29, 0.717) is 29.7 Å². The Bertz CT molecular complexity index is 1490. The number of nitrogens with zero attached hydrogens (tertiary/aromatic N) is 3. The fraction of sp³-hybridized carbons (Fsp3) is 0.429. The minimum Gasteiger partial charge on any atom is -0.443 e. The predicted octanol–water partition coefficient (Wildman–Crippen LogP) is 7.88. The van der Waals surface area contributed by atoms with E-state index >= 15 is 0 Å². The van der Waals surface area contributed by atoms with Crippen LogP contribution in [0.15, 0.2) is 39.4 Å². The summed E-state index contributed by atoms with van der Waals surface area (Å²) in [5.74, 6) is 0. The van der Waals surface area contributed by atoms with E-state index in [0.717, 1.165) is 33.0 Å². The summed E-state index contributed by atoms with van der Waals surface area (Å²) in [5, 5.41) is 12.0. The summed E-state index contributed by atoms with van der Waals surface area (Å²) in [7, 11) is 0. The molecule has 2 amide bonds. The number of nitrogens with one attached hydrogen (secondary N) is 1. The van der Waals surface area contributed by atoms with Gasteiger partial charge in [-0.2, -0.15) is 0 Å². The molecule has 5 rings (SSSR count). The first-order valence-electron chi connectivity index (χ1n) is 12.8. The molecule has 2 aromatic carbocycles. The Morgan fingerprint density at radius 2 is 1.45 bits per heavy atom. The molecule has 0 radical (unpaired) electrons. The molecular weight excluding hydrogens is 648 g/mol. The largest absolute Gasteiger partial charge is 0.443 e. The van der Waals surface area contributed by atoms with Crippen molar-refractivity contribution in [1.29, 1.82) is 0 Å². The van der Waals surface area contributed by atoms with Crippen molar-refractivity contribution in [2.24, 2.45) is 0 Å². The first kappa shape index (κ1) is 29.9. The highest BCUT2D eigenvalue weighted by Crippen LogP contribution is 2.40. The van der Waals surface area contributed by atoms with Crippen molar-refractivity contribution in [2.45, 2.75) is 65.6 Å². The number of amides is 2. The van der Waals surface area contributed by atoms with E-state index < -0.39 is 22.2 Å². The minimum absolute atomic E-state index is 0.0563. The molecule has 0 bridgehead atoms. The number of nitro benzene ring substituents is 1. The Morgan fingerprint density at radius 3 is 2.05 bits per heavy atom. The third-order valence-electron chi connectivity index (χ3n) is 6.19. The third kappa shape index (κ3) is 6.43. The van der Waals surface area contributed by atoms with Crippen LogP contribution in [0.3, 0.4) is 0 Å². The van der Waals surface area contributed by atoms with Gasteiger partial charge >= 0.3 is 12.2 Å². The normalized spacial score (nSPS) is 14.4. The van der Waals surface area contributed by atoms with Crippen LogP contribution in [0.2, 0.25) is 0 Å². The number of hydrogen-bond donors (Lipinski definition) is 1. The van der Waals surface area contributed by atoms with Crippen LogP contribution in [0.5, 0.6) is 0 Å². The van der Waals surface area contributed by atoms with E-state index in [4.69, 9.17) is 9.47 Å². The summed E-state index contributed by atoms with van der Waals surface area (Å²) in [5.41, 5.74) is 3.47. The summed E-state index contributed by atoms with van der Waals surface area (Å²) >= 11 is 6.75. The number of aromatic nitrogens is 1. The van der Waals surface area contributed by atoms with Crippen LogP contribution in [0.25, 0.3) is 10.9 Å². The maximum atomic E-state index is 12.4. The quantitative estimate of drug-likeness (QED) is 0.206. The molecule has 0 aliphatic carbocycles. The zero-order chi connectivity index (χ0) is 29.6. The van der Waals surface area contributed by atoms with Crippen LogP contribution >= 0.6 is 31.9 Å². The maximum Gasteiger partial charge on any atom is 0.414 e. The molecule has 0 unspecified atom stereocenters. The molecule has 3 aromatic rings. The van der Waals surface area contributed by atoms with Gasteiger partial charge in [-0.25, -0.2) is 9.59 Å². The van der Waals surface area contributed by atoms with Crippen molar-refractivity contribution in [3.8, 4) is 0 Å². The number of carbonyl (C=O) groups is 2. The Morgan fingerprint density at radius 1 is 0.900 bits per heavy atom. The van der Waals surface area contributed by atoms with Gasteiger partial charge in [0.1, 0.15) is 11.2 Å². The molecule has 1 aromatic heterocycles. The second kappa shape index (κ2) is 11.0. The lowest BCUT2D eigenvalue weighted by atomic mass is 10.1. The second-order valence-corrected chi connectivity index (χ2v) is 13.3. The van der Waals surface area contributed by atoms with Crippen LogP contribution in [-0.4, -0.2) is 46.4 Å². The maximum absolute atomic E-state index is 12.4. The summed E-state index contributed by atoms with van der Waals surface area (Å²) in [4.78, 5) is 41.3. The molecule has 0 saturated heterocycles. The molecule has 2 aliphatic rings. The average molecular weight is 680 g/mol. The molecule has 3 heterocycles. The lowest BCUT2D eigenvalue weighted by Gasteiger charge is -2.25. The van der Waals surface area contributed by atoms with Crippen LogP contribution in [0.1, 0.15) is 52.7 Å². The van der Waals surface area contributed by atoms with Gasteiger partial charge in [-0.15, -0.1) is 0 Å². The van der Waals surface area contributed by atoms with Gasteiger partial charge in [-0.3, -0.25) is 19.9 Å². The lowest BCUT2D eigenvalue weighted by Crippen LogP contribution is -2.35. The number of ether oxygens (including phenoxy) is 2. The van der Waals surface area contributed by atoms with Crippen molar-refractivity contribution >= 4 is 72.0 Å². The number of H-pyrrole nitrogens is 1. The van der Waals surface area contributed by atoms with Gasteiger partial charge in [0, 0.05) is 35.2 Å². The molecule has 0 fully saturated rings. The number of nitro groups is 1. The van der Waals surface area contributed by atoms with Gasteiger partial charge < -0.3 is 14.5 Å². The fourth-order valence-corrected chi connectivity index (χ4v) is 5.77. The van der Waals surface area contributed by atoms with E-state index in [-0.39, 0.29) is 11.8 Å². The molecule has 1 N–H and O–H groups in total. The molecule has 2 aliphatic heterocycles. The number of halogens is 2. The molecule has 12 heteroatoms. The number of fused-ring (bicyclic) bond motifs is 4. The van der Waals surface area contributed by atoms with E-state index in [1.807, 2.05) is 33.0 Å². The molecule has 0 atom stereocenters. The molecule has 214 valence electrons. The number of hydrogen-bond acceptors (Lipinski definition) is 6. The molecule has 40 heavy (non-hydrogen) atoms. The fourth-order valence-electron chi connectivity index (χ4n) is 4.63. The highest BCUT2D eigenvalue weighted by Gasteiger charge is 2.32. The van der Waals surface area contributed by atoms with Crippen molar-refractivity contribution in [3.05, 3.63) is 60.6 Å². The van der Waals surface area contributed by atoms with E-state index in [1.165, 1.54) is 16.5 Å². The zero-order valence-electron chi connectivity index (χ0n) is 23.3. The first-order chi connectivity index (χ1) is 18.6. The monoisotopic (exact) mass is 678 g/mol. The third-order valence-corrected chi connectivity index (χ3v) is 7.45. The highest BCUT2D eigenvalue weighted by atomic mass is 79.9. The number of anilines is 2. The van der Waals surface area contributed by atoms with Gasteiger partial charge in [0.15, 0.2) is 0 Å². The summed E-state index contributed by atoms with van der Waals surface area (Å²) < 4.78 is 12.3. The smallest absolute Gasteiger partial charge is 0.414 e. The van der Waals surface area contributed by atoms with Crippen molar-refractivity contribution < 1.29 is 24.0 Å². The molecule has 0 spiro atoms. The van der Waals surface area contributed by atoms with Crippen LogP contribution < -0.4 is 9.80 Å². The number of carbonyl (C=O) groups excluding carboxylic acids is 2. The van der Waals surface area contributed by atoms with Crippen molar-refractivity contribution in [1.82, 2.24) is 4.98 Å². The van der Waals surface area contributed by atoms with Gasteiger partial charge in [-0.1, -0.05) is 0 Å². The van der Waals surface area contributed by atoms with Crippen molar-refractivity contribution in [2.75, 3.05) is 22.9 Å². The Hall–Kier alpha value is -3.12. The van der Waals surface area contributed by atoms with Crippen LogP contribution in [0, 0.1) is 10.1 Å². The van der Waals surface area contributed by atoms with Gasteiger partial charge in [-0.05, 0) is 116 Å². The van der Waals surface area contributed by atoms with Crippen molar-refractivity contribution in [3.63, 3.8) is 0 Å². The van der Waals surface area contributed by atoms with E-state index in [2.05, 4.69) is 42.9 Å². The van der Waals surface area contributed by atoms with E-state index in [9.17, 15) is 19.7 Å². The van der Waals surface area contributed by atoms with Crippen LogP contribution in [0.4, 0.5) is 26.7 Å². The van der Waals surface area contributed by atoms with Gasteiger partial charge in [0.05, 0.1) is 26.3 Å². The average Bonchev–Trinajstić information content (AvgIpc) is 3.54. The standard InChI is InChI=1S/C15H17BrN2O2.C13H15BrN2O4/c1-15(2,3)20-14(19)18-7-5-9-8-11(16)12-10(13(9)18)4-6-17-12;1-13(2,3)20-12(17)15-5-4-8-6-9(14)11(16(18)19)7-10(8)15/h4,6,8,17H,5,7H2,1-3H3;6-7H,4-5H2,1-3H3. The number of rotatable bonds is 1. The Labute approximate surface area is 249 Å². The predicted molar refractivity (Wildman–Crippen MR) is 161 cm³/mol. The SMILES string of the molecule is CC(C)(C)OC(=O)N1CCc2cc(Br)c([N+](=O)[O-])cc21.CC(C)(C)OC(=O)N1CCc2cc(Br)c3[nH]ccc3c21. The Kier molecular flexibility index (Phi) is 8.24. The van der Waals surface area contributed by atoms with Crippen LogP contribution in [-0.2, 0) is 22.3 Å².